The first-order valence-corrected chi connectivity index (χ1v) is 5.73. The van der Waals surface area contributed by atoms with E-state index in [1.165, 1.54) is 7.11 Å². The number of carbonyl (C=O) groups excluding carboxylic acids is 1. The fourth-order valence-electron chi connectivity index (χ4n) is 1.39. The van der Waals surface area contributed by atoms with E-state index in [9.17, 15) is 4.79 Å². The average Bonchev–Trinajstić information content (AvgIpc) is 2.93. The quantitative estimate of drug-likeness (QED) is 0.678. The molecule has 1 saturated carbocycles. The Morgan fingerprint density at radius 3 is 2.69 bits per heavy atom. The number of methoxy groups -OCH3 is 1. The molecule has 0 saturated heterocycles. The minimum Gasteiger partial charge on any atom is -0.468 e. The predicted octanol–water partition coefficient (Wildman–Crippen LogP) is 1.02. The van der Waals surface area contributed by atoms with Gasteiger partial charge in [-0.1, -0.05) is 6.92 Å². The van der Waals surface area contributed by atoms with E-state index in [1.54, 1.807) is 0 Å². The number of nitrogens with two attached hydrogens (primary N) is 1. The van der Waals surface area contributed by atoms with Crippen LogP contribution in [-0.2, 0) is 9.53 Å². The Bertz CT molecular complexity index is 192. The molecule has 2 N–H and O–H groups in total. The zero-order chi connectivity index (χ0) is 9.90. The Morgan fingerprint density at radius 2 is 2.31 bits per heavy atom. The maximum atomic E-state index is 11.2. The molecule has 76 valence electrons. The molecule has 0 aromatic carbocycles. The summed E-state index contributed by atoms with van der Waals surface area (Å²) in [7, 11) is 1.39. The normalized spacial score (nSPS) is 20.8. The number of hydrogen-bond donors (Lipinski definition) is 1. The monoisotopic (exact) mass is 203 g/mol. The van der Waals surface area contributed by atoms with Gasteiger partial charge in [0, 0.05) is 11.2 Å². The molecule has 0 radical (unpaired) electrons. The van der Waals surface area contributed by atoms with Gasteiger partial charge >= 0.3 is 5.97 Å². The van der Waals surface area contributed by atoms with E-state index in [1.807, 2.05) is 11.8 Å². The van der Waals surface area contributed by atoms with Crippen LogP contribution in [0.1, 0.15) is 19.8 Å². The van der Waals surface area contributed by atoms with Crippen molar-refractivity contribution in [3.05, 3.63) is 0 Å². The minimum atomic E-state index is -0.420. The van der Waals surface area contributed by atoms with Gasteiger partial charge in [0.05, 0.1) is 7.11 Å². The molecule has 0 aliphatic heterocycles. The third-order valence-corrected chi connectivity index (χ3v) is 3.79. The van der Waals surface area contributed by atoms with E-state index in [0.29, 0.717) is 0 Å². The second-order valence-electron chi connectivity index (χ2n) is 3.50. The van der Waals surface area contributed by atoms with Gasteiger partial charge in [-0.15, -0.1) is 0 Å². The van der Waals surface area contributed by atoms with Crippen molar-refractivity contribution in [2.75, 3.05) is 18.6 Å². The average molecular weight is 203 g/mol. The van der Waals surface area contributed by atoms with E-state index in [4.69, 9.17) is 5.73 Å². The van der Waals surface area contributed by atoms with E-state index in [2.05, 4.69) is 11.7 Å². The van der Waals surface area contributed by atoms with Crippen LogP contribution in [0, 0.1) is 5.41 Å². The van der Waals surface area contributed by atoms with E-state index in [-0.39, 0.29) is 11.4 Å². The first-order chi connectivity index (χ1) is 6.16. The van der Waals surface area contributed by atoms with Gasteiger partial charge in [-0.25, -0.2) is 0 Å². The summed E-state index contributed by atoms with van der Waals surface area (Å²) in [5.41, 5.74) is 5.87. The van der Waals surface area contributed by atoms with Crippen molar-refractivity contribution in [1.29, 1.82) is 0 Å². The van der Waals surface area contributed by atoms with Crippen LogP contribution in [0.15, 0.2) is 0 Å². The molecule has 4 heteroatoms. The van der Waals surface area contributed by atoms with Gasteiger partial charge in [-0.2, -0.15) is 11.8 Å². The summed E-state index contributed by atoms with van der Waals surface area (Å²) in [5, 5.41) is 0. The van der Waals surface area contributed by atoms with Crippen molar-refractivity contribution in [2.24, 2.45) is 11.1 Å². The van der Waals surface area contributed by atoms with Crippen LogP contribution in [0.4, 0.5) is 0 Å². The Hall–Kier alpha value is -0.220. The van der Waals surface area contributed by atoms with Crippen molar-refractivity contribution in [1.82, 2.24) is 0 Å². The van der Waals surface area contributed by atoms with Crippen molar-refractivity contribution in [3.63, 3.8) is 0 Å². The first-order valence-electron chi connectivity index (χ1n) is 4.57. The van der Waals surface area contributed by atoms with Gasteiger partial charge in [0.1, 0.15) is 6.04 Å². The summed E-state index contributed by atoms with van der Waals surface area (Å²) in [6.07, 6.45) is 2.13. The molecule has 13 heavy (non-hydrogen) atoms. The molecule has 3 nitrogen and oxygen atoms in total. The molecular weight excluding hydrogens is 186 g/mol. The molecule has 1 unspecified atom stereocenters. The molecule has 0 heterocycles. The number of thioether (sulfide) groups is 1. The topological polar surface area (TPSA) is 52.3 Å². The Labute approximate surface area is 83.4 Å². The second kappa shape index (κ2) is 4.33. The van der Waals surface area contributed by atoms with Gasteiger partial charge in [0.15, 0.2) is 0 Å². The molecular formula is C9H17NO2S. The van der Waals surface area contributed by atoms with Crippen LogP contribution in [0.3, 0.4) is 0 Å². The van der Waals surface area contributed by atoms with Gasteiger partial charge < -0.3 is 10.5 Å². The molecule has 1 fully saturated rings. The number of carbonyl (C=O) groups is 1. The summed E-state index contributed by atoms with van der Waals surface area (Å²) >= 11 is 1.85. The lowest BCUT2D eigenvalue weighted by molar-refractivity contribution is -0.143. The number of esters is 1. The standard InChI is InChI=1S/C9H17NO2S/c1-3-13-6-9(4-5-9)7(10)8(11)12-2/h7H,3-6,10H2,1-2H3. The molecule has 0 aromatic rings. The van der Waals surface area contributed by atoms with Crippen molar-refractivity contribution < 1.29 is 9.53 Å². The molecule has 0 bridgehead atoms. The number of ether oxygens (including phenoxy) is 1. The van der Waals surface area contributed by atoms with Crippen molar-refractivity contribution >= 4 is 17.7 Å². The lowest BCUT2D eigenvalue weighted by Gasteiger charge is -2.20. The fraction of sp³-hybridized carbons (Fsp3) is 0.889. The Morgan fingerprint density at radius 1 is 1.69 bits per heavy atom. The van der Waals surface area contributed by atoms with Crippen LogP contribution in [0.25, 0.3) is 0 Å². The summed E-state index contributed by atoms with van der Waals surface area (Å²) < 4.78 is 4.65. The smallest absolute Gasteiger partial charge is 0.323 e. The fourth-order valence-corrected chi connectivity index (χ4v) is 2.47. The van der Waals surface area contributed by atoms with Gasteiger partial charge in [0.2, 0.25) is 0 Å². The predicted molar refractivity (Wildman–Crippen MR) is 54.7 cm³/mol. The maximum Gasteiger partial charge on any atom is 0.323 e. The van der Waals surface area contributed by atoms with Crippen LogP contribution in [0.5, 0.6) is 0 Å². The zero-order valence-electron chi connectivity index (χ0n) is 8.21. The summed E-state index contributed by atoms with van der Waals surface area (Å²) in [5.74, 6) is 1.80. The maximum absolute atomic E-state index is 11.2. The van der Waals surface area contributed by atoms with E-state index >= 15 is 0 Å². The first kappa shape index (κ1) is 10.9. The number of hydrogen-bond acceptors (Lipinski definition) is 4. The van der Waals surface area contributed by atoms with Crippen LogP contribution in [0.2, 0.25) is 0 Å². The summed E-state index contributed by atoms with van der Waals surface area (Å²) in [4.78, 5) is 11.2. The number of rotatable bonds is 5. The van der Waals surface area contributed by atoms with E-state index in [0.717, 1.165) is 24.3 Å². The molecule has 1 aliphatic rings. The SMILES string of the molecule is CCSCC1(C(N)C(=O)OC)CC1. The summed E-state index contributed by atoms with van der Waals surface area (Å²) in [6.45, 7) is 2.12. The van der Waals surface area contributed by atoms with Gasteiger partial charge in [-0.05, 0) is 18.6 Å². The Balaban J connectivity index is 2.44. The third-order valence-electron chi connectivity index (χ3n) is 2.60. The van der Waals surface area contributed by atoms with Crippen LogP contribution >= 0.6 is 11.8 Å². The van der Waals surface area contributed by atoms with Gasteiger partial charge in [-0.3, -0.25) is 4.79 Å². The van der Waals surface area contributed by atoms with Gasteiger partial charge in [0.25, 0.3) is 0 Å². The largest absolute Gasteiger partial charge is 0.468 e. The van der Waals surface area contributed by atoms with Crippen LogP contribution in [-0.4, -0.2) is 30.6 Å². The Kier molecular flexibility index (Phi) is 3.62. The summed E-state index contributed by atoms with van der Waals surface area (Å²) in [6, 6.07) is -0.420. The highest BCUT2D eigenvalue weighted by molar-refractivity contribution is 7.99. The molecule has 0 spiro atoms. The molecule has 0 amide bonds. The lowest BCUT2D eigenvalue weighted by Crippen LogP contribution is -2.41. The molecule has 1 aliphatic carbocycles. The second-order valence-corrected chi connectivity index (χ2v) is 4.77. The molecule has 1 atom stereocenters. The highest BCUT2D eigenvalue weighted by atomic mass is 32.2. The minimum absolute atomic E-state index is 0.0494. The van der Waals surface area contributed by atoms with Crippen molar-refractivity contribution in [2.45, 2.75) is 25.8 Å². The van der Waals surface area contributed by atoms with Crippen molar-refractivity contribution in [3.8, 4) is 0 Å². The molecule has 1 rings (SSSR count). The molecule has 0 aromatic heterocycles. The van der Waals surface area contributed by atoms with Crippen LogP contribution < -0.4 is 5.73 Å². The zero-order valence-corrected chi connectivity index (χ0v) is 9.02. The highest BCUT2D eigenvalue weighted by Crippen LogP contribution is 2.50. The third kappa shape index (κ3) is 2.38. The van der Waals surface area contributed by atoms with E-state index < -0.39 is 6.04 Å². The highest BCUT2D eigenvalue weighted by Gasteiger charge is 2.50. The lowest BCUT2D eigenvalue weighted by atomic mass is 10.00.